The number of nitrogens with zero attached hydrogens (tertiary/aromatic N) is 1. The lowest BCUT2D eigenvalue weighted by atomic mass is 9.97. The summed E-state index contributed by atoms with van der Waals surface area (Å²) in [5.41, 5.74) is 5.33. The minimum atomic E-state index is -1.36. The Kier molecular flexibility index (Phi) is 9.53. The van der Waals surface area contributed by atoms with Gasteiger partial charge in [-0.25, -0.2) is 4.79 Å². The molecule has 1 aliphatic heterocycles. The number of hydrogen-bond donors (Lipinski definition) is 5. The summed E-state index contributed by atoms with van der Waals surface area (Å²) in [6.07, 6.45) is 0.836. The average molecular weight is 414 g/mol. The second kappa shape index (κ2) is 11.3. The first kappa shape index (κ1) is 24.3. The maximum absolute atomic E-state index is 13.0. The Balaban J connectivity index is 2.91. The van der Waals surface area contributed by atoms with E-state index in [1.165, 1.54) is 4.90 Å². The van der Waals surface area contributed by atoms with Gasteiger partial charge in [-0.05, 0) is 25.2 Å². The molecule has 4 unspecified atom stereocenters. The van der Waals surface area contributed by atoms with Gasteiger partial charge in [0.2, 0.25) is 17.7 Å². The van der Waals surface area contributed by atoms with Crippen molar-refractivity contribution in [3.63, 3.8) is 0 Å². The van der Waals surface area contributed by atoms with E-state index in [4.69, 9.17) is 10.8 Å². The molecule has 0 aromatic rings. The lowest BCUT2D eigenvalue weighted by molar-refractivity contribution is -0.145. The number of nitrogens with two attached hydrogens (primary N) is 1. The molecule has 0 radical (unpaired) electrons. The van der Waals surface area contributed by atoms with Crippen LogP contribution in [0.25, 0.3) is 0 Å². The van der Waals surface area contributed by atoms with Crippen LogP contribution >= 0.6 is 0 Å². The molecule has 0 spiro atoms. The number of carboxylic acids is 2. The van der Waals surface area contributed by atoms with Crippen LogP contribution in [0.3, 0.4) is 0 Å². The average Bonchev–Trinajstić information content (AvgIpc) is 3.17. The number of carbonyl (C=O) groups excluding carboxylic acids is 3. The molecule has 6 N–H and O–H groups in total. The van der Waals surface area contributed by atoms with Crippen molar-refractivity contribution in [3.05, 3.63) is 0 Å². The molecule has 1 saturated heterocycles. The molecule has 1 fully saturated rings. The normalized spacial score (nSPS) is 19.1. The molecule has 1 rings (SSSR count). The van der Waals surface area contributed by atoms with Gasteiger partial charge in [-0.3, -0.25) is 19.2 Å². The quantitative estimate of drug-likeness (QED) is 0.283. The highest BCUT2D eigenvalue weighted by atomic mass is 16.4. The van der Waals surface area contributed by atoms with Crippen molar-refractivity contribution in [2.45, 2.75) is 64.1 Å². The number of amides is 3. The zero-order valence-corrected chi connectivity index (χ0v) is 16.7. The van der Waals surface area contributed by atoms with Crippen LogP contribution in [-0.2, 0) is 24.0 Å². The molecule has 0 aliphatic carbocycles. The maximum Gasteiger partial charge on any atom is 0.326 e. The van der Waals surface area contributed by atoms with E-state index in [9.17, 15) is 29.1 Å². The third-order valence-electron chi connectivity index (χ3n) is 5.08. The van der Waals surface area contributed by atoms with Crippen molar-refractivity contribution in [1.82, 2.24) is 15.5 Å². The summed E-state index contributed by atoms with van der Waals surface area (Å²) in [4.78, 5) is 60.8. The number of likely N-dealkylation sites (tertiary alicyclic amines) is 1. The Bertz CT molecular complexity index is 640. The van der Waals surface area contributed by atoms with E-state index < -0.39 is 54.2 Å². The Morgan fingerprint density at radius 3 is 2.34 bits per heavy atom. The Labute approximate surface area is 169 Å². The summed E-state index contributed by atoms with van der Waals surface area (Å²) in [6.45, 7) is 3.70. The van der Waals surface area contributed by atoms with Crippen LogP contribution in [0.4, 0.5) is 0 Å². The molecule has 0 aromatic carbocycles. The van der Waals surface area contributed by atoms with Gasteiger partial charge in [0, 0.05) is 13.0 Å². The summed E-state index contributed by atoms with van der Waals surface area (Å²) in [6, 6.07) is -3.08. The van der Waals surface area contributed by atoms with E-state index in [1.54, 1.807) is 6.92 Å². The van der Waals surface area contributed by atoms with Gasteiger partial charge in [-0.1, -0.05) is 20.3 Å². The van der Waals surface area contributed by atoms with Crippen molar-refractivity contribution in [2.75, 3.05) is 13.1 Å². The van der Waals surface area contributed by atoms with Gasteiger partial charge in [0.05, 0.1) is 6.54 Å². The standard InChI is InChI=1S/C18H30N4O7/c1-3-10(2)15(21-13(23)9-19)17(27)22-8-4-5-12(22)16(26)20-11(18(28)29)6-7-14(24)25/h10-12,15H,3-9,19H2,1-2H3,(H,20,26)(H,21,23)(H,24,25)(H,28,29). The van der Waals surface area contributed by atoms with Crippen LogP contribution in [0.1, 0.15) is 46.0 Å². The highest BCUT2D eigenvalue weighted by molar-refractivity contribution is 5.94. The van der Waals surface area contributed by atoms with E-state index in [2.05, 4.69) is 10.6 Å². The molecule has 29 heavy (non-hydrogen) atoms. The molecule has 1 heterocycles. The third-order valence-corrected chi connectivity index (χ3v) is 5.08. The highest BCUT2D eigenvalue weighted by Gasteiger charge is 2.40. The smallest absolute Gasteiger partial charge is 0.326 e. The highest BCUT2D eigenvalue weighted by Crippen LogP contribution is 2.21. The topological polar surface area (TPSA) is 179 Å². The summed E-state index contributed by atoms with van der Waals surface area (Å²) in [7, 11) is 0. The molecule has 4 atom stereocenters. The van der Waals surface area contributed by atoms with Crippen LogP contribution in [0.15, 0.2) is 0 Å². The fourth-order valence-electron chi connectivity index (χ4n) is 3.19. The zero-order valence-electron chi connectivity index (χ0n) is 16.7. The number of carbonyl (C=O) groups is 5. The van der Waals surface area contributed by atoms with Crippen molar-refractivity contribution < 1.29 is 34.2 Å². The van der Waals surface area contributed by atoms with E-state index >= 15 is 0 Å². The van der Waals surface area contributed by atoms with Gasteiger partial charge in [-0.15, -0.1) is 0 Å². The molecule has 3 amide bonds. The Morgan fingerprint density at radius 2 is 1.83 bits per heavy atom. The largest absolute Gasteiger partial charge is 0.481 e. The first-order valence-electron chi connectivity index (χ1n) is 9.67. The van der Waals surface area contributed by atoms with Crippen LogP contribution in [0, 0.1) is 5.92 Å². The maximum atomic E-state index is 13.0. The number of rotatable bonds is 11. The lowest BCUT2D eigenvalue weighted by Gasteiger charge is -2.31. The van der Waals surface area contributed by atoms with Crippen LogP contribution in [0.5, 0.6) is 0 Å². The summed E-state index contributed by atoms with van der Waals surface area (Å²) in [5, 5.41) is 22.9. The summed E-state index contributed by atoms with van der Waals surface area (Å²) < 4.78 is 0. The van der Waals surface area contributed by atoms with Crippen molar-refractivity contribution in [3.8, 4) is 0 Å². The molecule has 0 aromatic heterocycles. The van der Waals surface area contributed by atoms with Crippen molar-refractivity contribution in [2.24, 2.45) is 11.7 Å². The predicted molar refractivity (Wildman–Crippen MR) is 102 cm³/mol. The van der Waals surface area contributed by atoms with E-state index in [0.717, 1.165) is 0 Å². The number of hydrogen-bond acceptors (Lipinski definition) is 6. The number of carboxylic acid groups (broad SMARTS) is 2. The molecule has 11 nitrogen and oxygen atoms in total. The molecule has 11 heteroatoms. The van der Waals surface area contributed by atoms with Gasteiger partial charge in [0.1, 0.15) is 18.1 Å². The molecule has 164 valence electrons. The van der Waals surface area contributed by atoms with Crippen LogP contribution in [-0.4, -0.2) is 76.0 Å². The van der Waals surface area contributed by atoms with Gasteiger partial charge in [0.15, 0.2) is 0 Å². The zero-order chi connectivity index (χ0) is 22.1. The first-order chi connectivity index (χ1) is 13.6. The number of aliphatic carboxylic acids is 2. The molecule has 0 bridgehead atoms. The third kappa shape index (κ3) is 7.00. The molecule has 0 saturated carbocycles. The summed E-state index contributed by atoms with van der Waals surface area (Å²) >= 11 is 0. The van der Waals surface area contributed by atoms with E-state index in [0.29, 0.717) is 25.8 Å². The van der Waals surface area contributed by atoms with Crippen LogP contribution < -0.4 is 16.4 Å². The lowest BCUT2D eigenvalue weighted by Crippen LogP contribution is -2.57. The molecular weight excluding hydrogens is 384 g/mol. The minimum Gasteiger partial charge on any atom is -0.481 e. The second-order valence-electron chi connectivity index (χ2n) is 7.16. The monoisotopic (exact) mass is 414 g/mol. The second-order valence-corrected chi connectivity index (χ2v) is 7.16. The van der Waals surface area contributed by atoms with Gasteiger partial charge in [-0.2, -0.15) is 0 Å². The SMILES string of the molecule is CCC(C)C(NC(=O)CN)C(=O)N1CCCC1C(=O)NC(CCC(=O)O)C(=O)O. The number of nitrogens with one attached hydrogen (secondary N) is 2. The Morgan fingerprint density at radius 1 is 1.17 bits per heavy atom. The minimum absolute atomic E-state index is 0.190. The Hall–Kier alpha value is -2.69. The fraction of sp³-hybridized carbons (Fsp3) is 0.722. The molecular formula is C18H30N4O7. The molecule has 1 aliphatic rings. The van der Waals surface area contributed by atoms with Crippen molar-refractivity contribution in [1.29, 1.82) is 0 Å². The van der Waals surface area contributed by atoms with Crippen LogP contribution in [0.2, 0.25) is 0 Å². The van der Waals surface area contributed by atoms with Gasteiger partial charge < -0.3 is 31.5 Å². The van der Waals surface area contributed by atoms with Gasteiger partial charge >= 0.3 is 11.9 Å². The van der Waals surface area contributed by atoms with E-state index in [-0.39, 0.29) is 18.9 Å². The first-order valence-corrected chi connectivity index (χ1v) is 9.67. The fourth-order valence-corrected chi connectivity index (χ4v) is 3.19. The van der Waals surface area contributed by atoms with E-state index in [1.807, 2.05) is 6.92 Å². The summed E-state index contributed by atoms with van der Waals surface area (Å²) in [5.74, 6) is -4.26. The van der Waals surface area contributed by atoms with Crippen molar-refractivity contribution >= 4 is 29.7 Å². The van der Waals surface area contributed by atoms with Gasteiger partial charge in [0.25, 0.3) is 0 Å². The predicted octanol–water partition coefficient (Wildman–Crippen LogP) is -1.10.